The minimum absolute atomic E-state index is 0.223. The number of esters is 1. The zero-order valence-electron chi connectivity index (χ0n) is 15.3. The molecule has 0 unspecified atom stereocenters. The first-order chi connectivity index (χ1) is 12.1. The van der Waals surface area contributed by atoms with E-state index in [1.807, 2.05) is 48.5 Å². The molecule has 3 nitrogen and oxygen atoms in total. The third kappa shape index (κ3) is 5.87. The van der Waals surface area contributed by atoms with E-state index in [4.69, 9.17) is 4.74 Å². The third-order valence-corrected chi connectivity index (χ3v) is 4.10. The van der Waals surface area contributed by atoms with E-state index >= 15 is 0 Å². The highest BCUT2D eigenvalue weighted by Crippen LogP contribution is 2.25. The van der Waals surface area contributed by atoms with Crippen molar-refractivity contribution in [3.63, 3.8) is 0 Å². The summed E-state index contributed by atoms with van der Waals surface area (Å²) in [5.41, 5.74) is 3.43. The Morgan fingerprint density at radius 3 is 2.20 bits per heavy atom. The van der Waals surface area contributed by atoms with Crippen LogP contribution in [0.25, 0.3) is 0 Å². The van der Waals surface area contributed by atoms with Crippen LogP contribution in [0.15, 0.2) is 72.3 Å². The van der Waals surface area contributed by atoms with Crippen LogP contribution >= 0.6 is 0 Å². The summed E-state index contributed by atoms with van der Waals surface area (Å²) < 4.78 is 5.12. The van der Waals surface area contributed by atoms with Crippen LogP contribution in [0.3, 0.4) is 0 Å². The van der Waals surface area contributed by atoms with Gasteiger partial charge in [0.15, 0.2) is 0 Å². The topological polar surface area (TPSA) is 29.5 Å². The number of methoxy groups -OCH3 is 1. The molecule has 25 heavy (non-hydrogen) atoms. The first kappa shape index (κ1) is 18.9. The molecule has 2 aromatic rings. The summed E-state index contributed by atoms with van der Waals surface area (Å²) in [6.07, 6.45) is 3.10. The molecule has 2 aromatic carbocycles. The number of hydrogen-bond donors (Lipinski definition) is 0. The van der Waals surface area contributed by atoms with E-state index in [1.165, 1.54) is 18.2 Å². The predicted molar refractivity (Wildman–Crippen MR) is 102 cm³/mol. The number of hydrogen-bond acceptors (Lipinski definition) is 3. The molecule has 0 heterocycles. The third-order valence-electron chi connectivity index (χ3n) is 4.10. The van der Waals surface area contributed by atoms with Crippen LogP contribution in [-0.2, 0) is 16.1 Å². The first-order valence-electron chi connectivity index (χ1n) is 8.66. The molecule has 0 spiro atoms. The van der Waals surface area contributed by atoms with Crippen molar-refractivity contribution in [2.75, 3.05) is 13.7 Å². The maximum absolute atomic E-state index is 12.6. The van der Waals surface area contributed by atoms with Gasteiger partial charge in [-0.25, -0.2) is 4.79 Å². The van der Waals surface area contributed by atoms with Gasteiger partial charge < -0.3 is 4.74 Å². The number of rotatable bonds is 8. The molecule has 0 aliphatic rings. The molecule has 0 amide bonds. The number of carbonyl (C=O) groups excluding carboxylic acids is 1. The van der Waals surface area contributed by atoms with Crippen LogP contribution in [0.1, 0.15) is 37.4 Å². The van der Waals surface area contributed by atoms with Crippen LogP contribution < -0.4 is 0 Å². The van der Waals surface area contributed by atoms with Crippen LogP contribution in [0, 0.1) is 0 Å². The Morgan fingerprint density at radius 2 is 1.64 bits per heavy atom. The Balaban J connectivity index is 2.31. The van der Waals surface area contributed by atoms with Crippen LogP contribution in [0.2, 0.25) is 0 Å². The highest BCUT2D eigenvalue weighted by Gasteiger charge is 2.28. The zero-order chi connectivity index (χ0) is 18.1. The Hall–Kier alpha value is -2.39. The molecule has 3 heteroatoms. The minimum atomic E-state index is -0.406. The highest BCUT2D eigenvalue weighted by atomic mass is 16.5. The van der Waals surface area contributed by atoms with Crippen LogP contribution in [-0.4, -0.2) is 24.5 Å². The summed E-state index contributed by atoms with van der Waals surface area (Å²) in [7, 11) is 1.45. The highest BCUT2D eigenvalue weighted by molar-refractivity contribution is 5.77. The van der Waals surface area contributed by atoms with Crippen molar-refractivity contribution >= 4 is 5.97 Å². The molecular weight excluding hydrogens is 310 g/mol. The lowest BCUT2D eigenvalue weighted by atomic mass is 10.0. The molecule has 0 radical (unpaired) electrons. The molecule has 0 saturated heterocycles. The summed E-state index contributed by atoms with van der Waals surface area (Å²) in [6, 6.07) is 19.7. The Labute approximate surface area is 150 Å². The van der Waals surface area contributed by atoms with Gasteiger partial charge in [0.25, 0.3) is 0 Å². The van der Waals surface area contributed by atoms with Crippen molar-refractivity contribution in [1.29, 1.82) is 0 Å². The SMILES string of the molecule is COC(=O)[C@H](c1ccccc1)N(CCC=C(C)C)Cc1ccccc1. The summed E-state index contributed by atoms with van der Waals surface area (Å²) in [4.78, 5) is 14.8. The van der Waals surface area contributed by atoms with E-state index in [-0.39, 0.29) is 5.97 Å². The molecule has 1 atom stereocenters. The van der Waals surface area contributed by atoms with Gasteiger partial charge in [-0.1, -0.05) is 72.3 Å². The average molecular weight is 337 g/mol. The Kier molecular flexibility index (Phi) is 7.42. The second-order valence-corrected chi connectivity index (χ2v) is 6.36. The molecular formula is C22H27NO2. The van der Waals surface area contributed by atoms with Gasteiger partial charge in [0, 0.05) is 13.1 Å². The summed E-state index contributed by atoms with van der Waals surface area (Å²) in [5.74, 6) is -0.223. The summed E-state index contributed by atoms with van der Waals surface area (Å²) >= 11 is 0. The summed E-state index contributed by atoms with van der Waals surface area (Å²) in [5, 5.41) is 0. The minimum Gasteiger partial charge on any atom is -0.468 e. The van der Waals surface area contributed by atoms with Crippen molar-refractivity contribution in [3.05, 3.63) is 83.4 Å². The van der Waals surface area contributed by atoms with E-state index in [2.05, 4.69) is 37.0 Å². The molecule has 0 aliphatic carbocycles. The lowest BCUT2D eigenvalue weighted by Gasteiger charge is -2.30. The van der Waals surface area contributed by atoms with Crippen LogP contribution in [0.5, 0.6) is 0 Å². The summed E-state index contributed by atoms with van der Waals surface area (Å²) in [6.45, 7) is 5.67. The molecule has 0 bridgehead atoms. The molecule has 0 aromatic heterocycles. The number of nitrogens with zero attached hydrogens (tertiary/aromatic N) is 1. The normalized spacial score (nSPS) is 11.8. The monoisotopic (exact) mass is 337 g/mol. The Bertz CT molecular complexity index is 676. The number of carbonyl (C=O) groups is 1. The van der Waals surface area contributed by atoms with E-state index in [0.29, 0.717) is 6.54 Å². The van der Waals surface area contributed by atoms with Crippen molar-refractivity contribution in [3.8, 4) is 0 Å². The maximum atomic E-state index is 12.6. The molecule has 132 valence electrons. The second-order valence-electron chi connectivity index (χ2n) is 6.36. The molecule has 0 aliphatic heterocycles. The van der Waals surface area contributed by atoms with Crippen molar-refractivity contribution in [1.82, 2.24) is 4.90 Å². The van der Waals surface area contributed by atoms with Gasteiger partial charge in [-0.3, -0.25) is 4.90 Å². The van der Waals surface area contributed by atoms with E-state index in [0.717, 1.165) is 18.5 Å². The van der Waals surface area contributed by atoms with Crippen molar-refractivity contribution in [2.24, 2.45) is 0 Å². The molecule has 0 fully saturated rings. The number of benzene rings is 2. The molecule has 0 N–H and O–H groups in total. The average Bonchev–Trinajstić information content (AvgIpc) is 2.63. The predicted octanol–water partition coefficient (Wildman–Crippen LogP) is 4.76. The van der Waals surface area contributed by atoms with Gasteiger partial charge in [0.05, 0.1) is 7.11 Å². The lowest BCUT2D eigenvalue weighted by Crippen LogP contribution is -2.35. The van der Waals surface area contributed by atoms with Gasteiger partial charge in [-0.2, -0.15) is 0 Å². The van der Waals surface area contributed by atoms with Crippen molar-refractivity contribution in [2.45, 2.75) is 32.9 Å². The van der Waals surface area contributed by atoms with Gasteiger partial charge in [0.1, 0.15) is 6.04 Å². The quantitative estimate of drug-likeness (QED) is 0.514. The molecule has 2 rings (SSSR count). The van der Waals surface area contributed by atoms with E-state index in [9.17, 15) is 4.79 Å². The number of ether oxygens (including phenoxy) is 1. The van der Waals surface area contributed by atoms with Gasteiger partial charge in [-0.05, 0) is 31.4 Å². The number of allylic oxidation sites excluding steroid dienone is 1. The van der Waals surface area contributed by atoms with Gasteiger partial charge >= 0.3 is 5.97 Å². The fraction of sp³-hybridized carbons (Fsp3) is 0.318. The van der Waals surface area contributed by atoms with E-state index in [1.54, 1.807) is 0 Å². The van der Waals surface area contributed by atoms with Crippen LogP contribution in [0.4, 0.5) is 0 Å². The van der Waals surface area contributed by atoms with Gasteiger partial charge in [0.2, 0.25) is 0 Å². The smallest absolute Gasteiger partial charge is 0.327 e. The second kappa shape index (κ2) is 9.80. The lowest BCUT2D eigenvalue weighted by molar-refractivity contribution is -0.147. The Morgan fingerprint density at radius 1 is 1.04 bits per heavy atom. The maximum Gasteiger partial charge on any atom is 0.327 e. The fourth-order valence-electron chi connectivity index (χ4n) is 2.88. The van der Waals surface area contributed by atoms with Gasteiger partial charge in [-0.15, -0.1) is 0 Å². The molecule has 0 saturated carbocycles. The largest absolute Gasteiger partial charge is 0.468 e. The standard InChI is InChI=1S/C22H27NO2/c1-18(2)11-10-16-23(17-19-12-6-4-7-13-19)21(22(24)25-3)20-14-8-5-9-15-20/h4-9,11-15,21H,10,16-17H2,1-3H3/t21-/m0/s1. The zero-order valence-corrected chi connectivity index (χ0v) is 15.3. The first-order valence-corrected chi connectivity index (χ1v) is 8.66. The van der Waals surface area contributed by atoms with E-state index < -0.39 is 6.04 Å². The fourth-order valence-corrected chi connectivity index (χ4v) is 2.88. The van der Waals surface area contributed by atoms with Crippen molar-refractivity contribution < 1.29 is 9.53 Å².